The molecular formula is C19H17ClN4O3S2. The van der Waals surface area contributed by atoms with Gasteiger partial charge in [0.05, 0.1) is 22.9 Å². The van der Waals surface area contributed by atoms with Gasteiger partial charge in [0, 0.05) is 23.5 Å². The van der Waals surface area contributed by atoms with Crippen LogP contribution in [-0.2, 0) is 11.3 Å². The molecule has 0 aliphatic carbocycles. The molecule has 1 saturated heterocycles. The molecule has 0 saturated carbocycles. The first-order valence-electron chi connectivity index (χ1n) is 8.89. The number of benzene rings is 1. The van der Waals surface area contributed by atoms with Gasteiger partial charge in [0.25, 0.3) is 11.1 Å². The fourth-order valence-electron chi connectivity index (χ4n) is 3.06. The summed E-state index contributed by atoms with van der Waals surface area (Å²) in [7, 11) is 0. The minimum absolute atomic E-state index is 0.173. The molecule has 0 spiro atoms. The third kappa shape index (κ3) is 4.17. The van der Waals surface area contributed by atoms with Gasteiger partial charge in [0.1, 0.15) is 4.83 Å². The van der Waals surface area contributed by atoms with Crippen molar-refractivity contribution in [3.05, 3.63) is 51.5 Å². The number of aryl methyl sites for hydroxylation is 1. The van der Waals surface area contributed by atoms with Gasteiger partial charge < -0.3 is 5.32 Å². The predicted molar refractivity (Wildman–Crippen MR) is 115 cm³/mol. The molecule has 29 heavy (non-hydrogen) atoms. The Morgan fingerprint density at radius 3 is 2.72 bits per heavy atom. The van der Waals surface area contributed by atoms with Crippen molar-refractivity contribution in [2.75, 3.05) is 18.8 Å². The second kappa shape index (κ2) is 8.17. The topological polar surface area (TPSA) is 84.3 Å². The second-order valence-corrected chi connectivity index (χ2v) is 8.95. The van der Waals surface area contributed by atoms with Gasteiger partial charge in [-0.3, -0.25) is 24.0 Å². The molecule has 0 bridgehead atoms. The number of rotatable bonds is 6. The average Bonchev–Trinajstić information content (AvgIpc) is 3.35. The summed E-state index contributed by atoms with van der Waals surface area (Å²) in [6.07, 6.45) is 0. The number of nitrogens with zero attached hydrogens (tertiary/aromatic N) is 3. The molecule has 1 aliphatic heterocycles. The zero-order chi connectivity index (χ0) is 20.5. The highest BCUT2D eigenvalue weighted by atomic mass is 35.5. The van der Waals surface area contributed by atoms with E-state index in [1.165, 1.54) is 16.2 Å². The van der Waals surface area contributed by atoms with Crippen LogP contribution in [0.2, 0.25) is 5.02 Å². The summed E-state index contributed by atoms with van der Waals surface area (Å²) in [4.78, 5) is 38.4. The first-order chi connectivity index (χ1) is 13.9. The summed E-state index contributed by atoms with van der Waals surface area (Å²) in [5.41, 5.74) is 1.92. The number of aromatic nitrogens is 2. The zero-order valence-corrected chi connectivity index (χ0v) is 17.9. The minimum Gasteiger partial charge on any atom is -0.350 e. The lowest BCUT2D eigenvalue weighted by Crippen LogP contribution is -2.37. The van der Waals surface area contributed by atoms with Crippen LogP contribution in [0.15, 0.2) is 30.3 Å². The van der Waals surface area contributed by atoms with Gasteiger partial charge >= 0.3 is 0 Å². The minimum atomic E-state index is -0.260. The smallest absolute Gasteiger partial charge is 0.288 e. The van der Waals surface area contributed by atoms with E-state index in [0.717, 1.165) is 33.2 Å². The maximum absolute atomic E-state index is 12.5. The molecule has 3 amide bonds. The molecule has 3 heterocycles. The van der Waals surface area contributed by atoms with Gasteiger partial charge in [0.15, 0.2) is 0 Å². The van der Waals surface area contributed by atoms with Gasteiger partial charge in [0.2, 0.25) is 5.91 Å². The highest BCUT2D eigenvalue weighted by molar-refractivity contribution is 8.14. The number of amides is 3. The Hall–Kier alpha value is -2.36. The highest BCUT2D eigenvalue weighted by Gasteiger charge is 2.29. The standard InChI is InChI=1S/C19H17ClN4O3S2/c1-11-14-8-15(17(26)21-6-7-23-16(25)10-28-19(23)27)29-18(14)24(22-11)9-12-2-4-13(20)5-3-12/h2-5,8H,6-7,9-10H2,1H3,(H,21,26). The molecule has 1 fully saturated rings. The fourth-order valence-corrected chi connectivity index (χ4v) is 5.01. The van der Waals surface area contributed by atoms with Crippen LogP contribution in [-0.4, -0.2) is 50.6 Å². The Bertz CT molecular complexity index is 1090. The second-order valence-electron chi connectivity index (χ2n) is 6.55. The Balaban J connectivity index is 1.45. The number of carbonyl (C=O) groups is 3. The molecule has 2 aromatic heterocycles. The van der Waals surface area contributed by atoms with Crippen LogP contribution in [0.25, 0.3) is 10.2 Å². The zero-order valence-electron chi connectivity index (χ0n) is 15.5. The molecule has 7 nitrogen and oxygen atoms in total. The number of imide groups is 1. The van der Waals surface area contributed by atoms with E-state index in [-0.39, 0.29) is 35.9 Å². The van der Waals surface area contributed by atoms with Crippen molar-refractivity contribution in [1.29, 1.82) is 0 Å². The van der Waals surface area contributed by atoms with Crippen LogP contribution < -0.4 is 5.32 Å². The SMILES string of the molecule is Cc1nn(Cc2ccc(Cl)cc2)c2sc(C(=O)NCCN3C(=O)CSC3=O)cc12. The summed E-state index contributed by atoms with van der Waals surface area (Å²) in [5, 5.41) is 8.72. The van der Waals surface area contributed by atoms with Crippen LogP contribution in [0.5, 0.6) is 0 Å². The van der Waals surface area contributed by atoms with Crippen molar-refractivity contribution in [2.45, 2.75) is 13.5 Å². The van der Waals surface area contributed by atoms with Crippen molar-refractivity contribution >= 4 is 62.0 Å². The Morgan fingerprint density at radius 2 is 2.03 bits per heavy atom. The van der Waals surface area contributed by atoms with Gasteiger partial charge in [-0.25, -0.2) is 0 Å². The van der Waals surface area contributed by atoms with E-state index in [9.17, 15) is 14.4 Å². The Kier molecular flexibility index (Phi) is 5.62. The lowest BCUT2D eigenvalue weighted by atomic mass is 10.2. The summed E-state index contributed by atoms with van der Waals surface area (Å²) >= 11 is 8.30. The van der Waals surface area contributed by atoms with Crippen molar-refractivity contribution in [1.82, 2.24) is 20.0 Å². The van der Waals surface area contributed by atoms with Crippen LogP contribution in [0.1, 0.15) is 20.9 Å². The first-order valence-corrected chi connectivity index (χ1v) is 11.1. The normalized spacial score (nSPS) is 14.2. The molecule has 1 aromatic carbocycles. The number of carbonyl (C=O) groups excluding carboxylic acids is 3. The van der Waals surface area contributed by atoms with Gasteiger partial charge in [-0.05, 0) is 30.7 Å². The molecular weight excluding hydrogens is 432 g/mol. The van der Waals surface area contributed by atoms with Crippen molar-refractivity contribution in [2.24, 2.45) is 0 Å². The molecule has 3 aromatic rings. The Morgan fingerprint density at radius 1 is 1.28 bits per heavy atom. The summed E-state index contributed by atoms with van der Waals surface area (Å²) in [6, 6.07) is 9.41. The third-order valence-electron chi connectivity index (χ3n) is 4.54. The molecule has 0 atom stereocenters. The van der Waals surface area contributed by atoms with Crippen LogP contribution >= 0.6 is 34.7 Å². The van der Waals surface area contributed by atoms with E-state index >= 15 is 0 Å². The van der Waals surface area contributed by atoms with Gasteiger partial charge in [-0.2, -0.15) is 5.10 Å². The van der Waals surface area contributed by atoms with E-state index in [2.05, 4.69) is 10.4 Å². The van der Waals surface area contributed by atoms with E-state index in [1.807, 2.05) is 41.9 Å². The molecule has 0 radical (unpaired) electrons. The number of fused-ring (bicyclic) bond motifs is 1. The quantitative estimate of drug-likeness (QED) is 0.623. The molecule has 4 rings (SSSR count). The molecule has 1 aliphatic rings. The molecule has 0 unspecified atom stereocenters. The highest BCUT2D eigenvalue weighted by Crippen LogP contribution is 2.29. The number of thioether (sulfide) groups is 1. The maximum atomic E-state index is 12.5. The maximum Gasteiger partial charge on any atom is 0.288 e. The van der Waals surface area contributed by atoms with E-state index in [0.29, 0.717) is 16.4 Å². The van der Waals surface area contributed by atoms with E-state index < -0.39 is 0 Å². The van der Waals surface area contributed by atoms with Gasteiger partial charge in [-0.15, -0.1) is 11.3 Å². The number of hydrogen-bond acceptors (Lipinski definition) is 6. The van der Waals surface area contributed by atoms with Crippen LogP contribution in [0.3, 0.4) is 0 Å². The average molecular weight is 449 g/mol. The summed E-state index contributed by atoms with van der Waals surface area (Å²) < 4.78 is 1.88. The number of halogens is 1. The third-order valence-corrected chi connectivity index (χ3v) is 6.80. The summed E-state index contributed by atoms with van der Waals surface area (Å²) in [6.45, 7) is 2.91. The van der Waals surface area contributed by atoms with E-state index in [1.54, 1.807) is 0 Å². The Labute approximate surface area is 180 Å². The monoisotopic (exact) mass is 448 g/mol. The fraction of sp³-hybridized carbons (Fsp3) is 0.263. The molecule has 1 N–H and O–H groups in total. The predicted octanol–water partition coefficient (Wildman–Crippen LogP) is 3.53. The molecule has 10 heteroatoms. The van der Waals surface area contributed by atoms with Crippen LogP contribution in [0.4, 0.5) is 4.79 Å². The van der Waals surface area contributed by atoms with Crippen LogP contribution in [0, 0.1) is 6.92 Å². The number of thiophene rings is 1. The van der Waals surface area contributed by atoms with Crippen molar-refractivity contribution < 1.29 is 14.4 Å². The van der Waals surface area contributed by atoms with Gasteiger partial charge in [-0.1, -0.05) is 35.5 Å². The number of hydrogen-bond donors (Lipinski definition) is 1. The van der Waals surface area contributed by atoms with Crippen molar-refractivity contribution in [3.63, 3.8) is 0 Å². The largest absolute Gasteiger partial charge is 0.350 e. The summed E-state index contributed by atoms with van der Waals surface area (Å²) in [5.74, 6) is -0.267. The van der Waals surface area contributed by atoms with Crippen molar-refractivity contribution in [3.8, 4) is 0 Å². The lowest BCUT2D eigenvalue weighted by molar-refractivity contribution is -0.124. The first kappa shape index (κ1) is 19.9. The number of nitrogens with one attached hydrogen (secondary N) is 1. The van der Waals surface area contributed by atoms with E-state index in [4.69, 9.17) is 11.6 Å². The molecule has 150 valence electrons. The lowest BCUT2D eigenvalue weighted by Gasteiger charge is -2.12.